The summed E-state index contributed by atoms with van der Waals surface area (Å²) in [5.41, 5.74) is 10.9. The molecule has 210 valence electrons. The molecule has 0 aliphatic carbocycles. The van der Waals surface area contributed by atoms with Gasteiger partial charge in [0.15, 0.2) is 5.82 Å². The SMILES string of the molecule is CC1(C)c2ccccc2Oc2ccc(-c3ccc(-c4cccc(-c5nc(-c6ccccc6)nc6ccccc56)c4)cc3)cc21. The van der Waals surface area contributed by atoms with Crippen LogP contribution < -0.4 is 4.74 Å². The average molecular weight is 567 g/mol. The Hall–Kier alpha value is -5.54. The van der Waals surface area contributed by atoms with Gasteiger partial charge in [0.25, 0.3) is 0 Å². The highest BCUT2D eigenvalue weighted by molar-refractivity contribution is 5.94. The smallest absolute Gasteiger partial charge is 0.160 e. The van der Waals surface area contributed by atoms with E-state index in [9.17, 15) is 0 Å². The van der Waals surface area contributed by atoms with E-state index in [4.69, 9.17) is 14.7 Å². The van der Waals surface area contributed by atoms with E-state index in [0.717, 1.165) is 56.2 Å². The molecule has 0 fully saturated rings. The number of aromatic nitrogens is 2. The van der Waals surface area contributed by atoms with Gasteiger partial charge in [0.1, 0.15) is 11.5 Å². The van der Waals surface area contributed by atoms with Crippen LogP contribution in [0.25, 0.3) is 55.8 Å². The average Bonchev–Trinajstić information content (AvgIpc) is 3.08. The molecule has 0 unspecified atom stereocenters. The summed E-state index contributed by atoms with van der Waals surface area (Å²) in [5.74, 6) is 2.60. The molecule has 1 aliphatic rings. The van der Waals surface area contributed by atoms with Crippen LogP contribution in [0.2, 0.25) is 0 Å². The quantitative estimate of drug-likeness (QED) is 0.213. The first-order valence-corrected chi connectivity index (χ1v) is 15.0. The van der Waals surface area contributed by atoms with Crippen LogP contribution in [0, 0.1) is 0 Å². The van der Waals surface area contributed by atoms with Crippen LogP contribution in [0.1, 0.15) is 25.0 Å². The Balaban J connectivity index is 1.14. The van der Waals surface area contributed by atoms with Crippen LogP contribution >= 0.6 is 0 Å². The van der Waals surface area contributed by atoms with Crippen LogP contribution in [0.3, 0.4) is 0 Å². The second-order valence-corrected chi connectivity index (χ2v) is 11.9. The summed E-state index contributed by atoms with van der Waals surface area (Å²) < 4.78 is 6.28. The highest BCUT2D eigenvalue weighted by atomic mass is 16.5. The standard InChI is InChI=1S/C41H30N2O/c1-41(2)34-16-7-9-18-37(34)44-38-24-23-31(26-35(38)41)28-21-19-27(20-22-28)30-13-10-14-32(25-30)39-33-15-6-8-17-36(33)42-40(43-39)29-11-4-3-5-12-29/h3-26H,1-2H3. The Morgan fingerprint density at radius 1 is 0.455 bits per heavy atom. The first-order chi connectivity index (χ1) is 21.5. The number of rotatable bonds is 4. The third-order valence-corrected chi connectivity index (χ3v) is 8.76. The lowest BCUT2D eigenvalue weighted by Crippen LogP contribution is -2.24. The van der Waals surface area contributed by atoms with Gasteiger partial charge in [0, 0.05) is 33.1 Å². The van der Waals surface area contributed by atoms with E-state index < -0.39 is 0 Å². The van der Waals surface area contributed by atoms with E-state index in [1.165, 1.54) is 22.3 Å². The van der Waals surface area contributed by atoms with Crippen molar-refractivity contribution < 1.29 is 4.74 Å². The van der Waals surface area contributed by atoms with Crippen LogP contribution in [0.15, 0.2) is 146 Å². The fourth-order valence-corrected chi connectivity index (χ4v) is 6.34. The molecule has 1 aliphatic heterocycles. The van der Waals surface area contributed by atoms with Crippen molar-refractivity contribution in [3.8, 4) is 56.4 Å². The largest absolute Gasteiger partial charge is 0.457 e. The molecule has 0 bridgehead atoms. The molecule has 3 heteroatoms. The molecule has 0 spiro atoms. The van der Waals surface area contributed by atoms with Crippen molar-refractivity contribution in [3.05, 3.63) is 157 Å². The number of hydrogen-bond acceptors (Lipinski definition) is 3. The Kier molecular flexibility index (Phi) is 6.13. The van der Waals surface area contributed by atoms with Gasteiger partial charge in [-0.3, -0.25) is 0 Å². The van der Waals surface area contributed by atoms with Crippen LogP contribution in [-0.2, 0) is 5.41 Å². The first kappa shape index (κ1) is 26.1. The Morgan fingerprint density at radius 3 is 1.89 bits per heavy atom. The predicted octanol–water partition coefficient (Wildman–Crippen LogP) is 10.7. The summed E-state index contributed by atoms with van der Waals surface area (Å²) in [6, 6.07) is 50.8. The molecular formula is C41H30N2O. The van der Waals surface area contributed by atoms with Crippen molar-refractivity contribution in [3.63, 3.8) is 0 Å². The minimum absolute atomic E-state index is 0.147. The van der Waals surface area contributed by atoms with Crippen molar-refractivity contribution in [2.75, 3.05) is 0 Å². The fourth-order valence-electron chi connectivity index (χ4n) is 6.34. The lowest BCUT2D eigenvalue weighted by atomic mass is 9.75. The third-order valence-electron chi connectivity index (χ3n) is 8.76. The van der Waals surface area contributed by atoms with Gasteiger partial charge in [-0.25, -0.2) is 9.97 Å². The van der Waals surface area contributed by atoms with E-state index in [1.807, 2.05) is 36.4 Å². The van der Waals surface area contributed by atoms with Crippen molar-refractivity contribution in [1.82, 2.24) is 9.97 Å². The summed E-state index contributed by atoms with van der Waals surface area (Å²) in [6.45, 7) is 4.55. The summed E-state index contributed by atoms with van der Waals surface area (Å²) in [5, 5.41) is 1.04. The second-order valence-electron chi connectivity index (χ2n) is 11.9. The molecule has 1 aromatic heterocycles. The summed E-state index contributed by atoms with van der Waals surface area (Å²) in [7, 11) is 0. The van der Waals surface area contributed by atoms with Gasteiger partial charge in [-0.2, -0.15) is 0 Å². The minimum Gasteiger partial charge on any atom is -0.457 e. The molecule has 44 heavy (non-hydrogen) atoms. The van der Waals surface area contributed by atoms with Crippen LogP contribution in [-0.4, -0.2) is 9.97 Å². The molecule has 0 saturated carbocycles. The first-order valence-electron chi connectivity index (χ1n) is 15.0. The maximum absolute atomic E-state index is 6.28. The highest BCUT2D eigenvalue weighted by Gasteiger charge is 2.34. The molecule has 0 radical (unpaired) electrons. The Labute approximate surface area is 257 Å². The normalized spacial score (nSPS) is 13.1. The molecule has 0 amide bonds. The lowest BCUT2D eigenvalue weighted by molar-refractivity contribution is 0.418. The molecule has 2 heterocycles. The number of benzene rings is 6. The number of ether oxygens (including phenoxy) is 1. The van der Waals surface area contributed by atoms with Crippen molar-refractivity contribution >= 4 is 10.9 Å². The van der Waals surface area contributed by atoms with Gasteiger partial charge in [0.05, 0.1) is 11.2 Å². The monoisotopic (exact) mass is 566 g/mol. The number of fused-ring (bicyclic) bond motifs is 3. The van der Waals surface area contributed by atoms with E-state index in [0.29, 0.717) is 0 Å². The maximum Gasteiger partial charge on any atom is 0.160 e. The zero-order valence-electron chi connectivity index (χ0n) is 24.7. The van der Waals surface area contributed by atoms with E-state index >= 15 is 0 Å². The van der Waals surface area contributed by atoms with Crippen molar-refractivity contribution in [2.45, 2.75) is 19.3 Å². The maximum atomic E-state index is 6.28. The van der Waals surface area contributed by atoms with Gasteiger partial charge in [-0.15, -0.1) is 0 Å². The Bertz CT molecular complexity index is 2160. The summed E-state index contributed by atoms with van der Waals surface area (Å²) in [6.07, 6.45) is 0. The number of para-hydroxylation sites is 2. The van der Waals surface area contributed by atoms with Crippen molar-refractivity contribution in [2.24, 2.45) is 0 Å². The molecule has 3 nitrogen and oxygen atoms in total. The van der Waals surface area contributed by atoms with Gasteiger partial charge >= 0.3 is 0 Å². The fraction of sp³-hybridized carbons (Fsp3) is 0.0732. The molecule has 7 aromatic rings. The summed E-state index contributed by atoms with van der Waals surface area (Å²) in [4.78, 5) is 9.95. The molecule has 0 N–H and O–H groups in total. The van der Waals surface area contributed by atoms with Gasteiger partial charge in [-0.05, 0) is 52.6 Å². The highest BCUT2D eigenvalue weighted by Crippen LogP contribution is 2.48. The van der Waals surface area contributed by atoms with Gasteiger partial charge < -0.3 is 4.74 Å². The molecular weight excluding hydrogens is 536 g/mol. The zero-order valence-corrected chi connectivity index (χ0v) is 24.7. The molecule has 6 aromatic carbocycles. The number of nitrogens with zero attached hydrogens (tertiary/aromatic N) is 2. The van der Waals surface area contributed by atoms with E-state index in [2.05, 4.69) is 123 Å². The molecule has 8 rings (SSSR count). The van der Waals surface area contributed by atoms with E-state index in [1.54, 1.807) is 0 Å². The summed E-state index contributed by atoms with van der Waals surface area (Å²) >= 11 is 0. The van der Waals surface area contributed by atoms with E-state index in [-0.39, 0.29) is 5.41 Å². The second kappa shape index (κ2) is 10.3. The molecule has 0 saturated heterocycles. The predicted molar refractivity (Wildman–Crippen MR) is 180 cm³/mol. The van der Waals surface area contributed by atoms with Crippen LogP contribution in [0.4, 0.5) is 0 Å². The topological polar surface area (TPSA) is 35.0 Å². The number of hydrogen-bond donors (Lipinski definition) is 0. The zero-order chi connectivity index (χ0) is 29.7. The van der Waals surface area contributed by atoms with Crippen LogP contribution in [0.5, 0.6) is 11.5 Å². The van der Waals surface area contributed by atoms with Gasteiger partial charge in [-0.1, -0.05) is 129 Å². The van der Waals surface area contributed by atoms with Crippen molar-refractivity contribution in [1.29, 1.82) is 0 Å². The van der Waals surface area contributed by atoms with Gasteiger partial charge in [0.2, 0.25) is 0 Å². The Morgan fingerprint density at radius 2 is 1.07 bits per heavy atom. The molecule has 0 atom stereocenters. The lowest BCUT2D eigenvalue weighted by Gasteiger charge is -2.34. The third kappa shape index (κ3) is 4.45. The minimum atomic E-state index is -0.147.